The highest BCUT2D eigenvalue weighted by Crippen LogP contribution is 2.36. The number of ether oxygens (including phenoxy) is 1. The number of hydrogen-bond acceptors (Lipinski definition) is 7. The Balaban J connectivity index is 1.48. The van der Waals surface area contributed by atoms with Crippen molar-refractivity contribution in [3.05, 3.63) is 35.8 Å². The first kappa shape index (κ1) is 19.4. The summed E-state index contributed by atoms with van der Waals surface area (Å²) in [5.74, 6) is 0.747. The molecule has 2 atom stereocenters. The first-order valence-electron chi connectivity index (χ1n) is 10.1. The van der Waals surface area contributed by atoms with Crippen molar-refractivity contribution in [2.45, 2.75) is 24.9 Å². The number of halogens is 3. The van der Waals surface area contributed by atoms with Gasteiger partial charge in [-0.2, -0.15) is 0 Å². The van der Waals surface area contributed by atoms with Crippen molar-refractivity contribution in [1.82, 2.24) is 15.3 Å². The highest BCUT2D eigenvalue weighted by atomic mass is 19.3. The first-order valence-corrected chi connectivity index (χ1v) is 10.1. The maximum Gasteiger partial charge on any atom is 0.265 e. The third-order valence-corrected chi connectivity index (χ3v) is 5.89. The third-order valence-electron chi connectivity index (χ3n) is 5.89. The molecule has 0 aromatic carbocycles. The van der Waals surface area contributed by atoms with E-state index < -0.39 is 6.43 Å². The average Bonchev–Trinajstić information content (AvgIpc) is 3.39. The summed E-state index contributed by atoms with van der Waals surface area (Å²) in [6, 6.07) is 5.10. The van der Waals surface area contributed by atoms with Crippen LogP contribution in [0.3, 0.4) is 0 Å². The Morgan fingerprint density at radius 3 is 2.67 bits per heavy atom. The minimum Gasteiger partial charge on any atom is -0.378 e. The Bertz CT molecular complexity index is 906. The van der Waals surface area contributed by atoms with Crippen LogP contribution in [-0.4, -0.2) is 61.4 Å². The lowest BCUT2D eigenvalue weighted by Crippen LogP contribution is -2.44. The molecule has 2 aromatic heterocycles. The summed E-state index contributed by atoms with van der Waals surface area (Å²) in [5, 5.41) is 6.48. The lowest BCUT2D eigenvalue weighted by Gasteiger charge is -2.33. The molecular formula is C20H23F3N6O. The van der Waals surface area contributed by atoms with Gasteiger partial charge in [-0.3, -0.25) is 0 Å². The largest absolute Gasteiger partial charge is 0.378 e. The molecule has 30 heavy (non-hydrogen) atoms. The van der Waals surface area contributed by atoms with Crippen LogP contribution in [0.4, 0.5) is 36.3 Å². The Hall–Kier alpha value is -2.59. The summed E-state index contributed by atoms with van der Waals surface area (Å²) in [6.07, 6.45) is -0.450. The minimum atomic E-state index is -2.57. The maximum absolute atomic E-state index is 15.6. The molecule has 160 valence electrons. The number of anilines is 4. The molecule has 0 aliphatic carbocycles. The van der Waals surface area contributed by atoms with Crippen molar-refractivity contribution in [1.29, 1.82) is 0 Å². The van der Waals surface area contributed by atoms with Crippen molar-refractivity contribution < 1.29 is 17.9 Å². The van der Waals surface area contributed by atoms with E-state index in [1.165, 1.54) is 12.1 Å². The highest BCUT2D eigenvalue weighted by molar-refractivity contribution is 5.67. The maximum atomic E-state index is 15.6. The number of fused-ring (bicyclic) bond motifs is 2. The molecule has 0 spiro atoms. The molecule has 0 saturated carbocycles. The summed E-state index contributed by atoms with van der Waals surface area (Å²) in [4.78, 5) is 12.5. The van der Waals surface area contributed by atoms with Gasteiger partial charge < -0.3 is 25.2 Å². The van der Waals surface area contributed by atoms with Crippen LogP contribution >= 0.6 is 0 Å². The number of hydrogen-bond donors (Lipinski definition) is 2. The zero-order valence-corrected chi connectivity index (χ0v) is 16.3. The van der Waals surface area contributed by atoms with Gasteiger partial charge in [0.1, 0.15) is 11.6 Å². The smallest absolute Gasteiger partial charge is 0.265 e. The SMILES string of the molecule is Fc1c(N2CC3CC2CN3)cc(Nc2ccc(C(F)F)cn2)nc1N1CCOCC1. The molecule has 2 bridgehead atoms. The number of alkyl halides is 2. The number of nitrogens with zero attached hydrogens (tertiary/aromatic N) is 4. The quantitative estimate of drug-likeness (QED) is 0.771. The summed E-state index contributed by atoms with van der Waals surface area (Å²) in [7, 11) is 0. The van der Waals surface area contributed by atoms with Gasteiger partial charge in [0.25, 0.3) is 6.43 Å². The van der Waals surface area contributed by atoms with Gasteiger partial charge >= 0.3 is 0 Å². The van der Waals surface area contributed by atoms with E-state index in [0.29, 0.717) is 49.7 Å². The van der Waals surface area contributed by atoms with Crippen LogP contribution in [0.1, 0.15) is 18.4 Å². The van der Waals surface area contributed by atoms with Crippen LogP contribution in [0.25, 0.3) is 0 Å². The number of piperazine rings is 1. The van der Waals surface area contributed by atoms with Gasteiger partial charge in [0.2, 0.25) is 0 Å². The zero-order valence-electron chi connectivity index (χ0n) is 16.3. The topological polar surface area (TPSA) is 65.5 Å². The van der Waals surface area contributed by atoms with Crippen molar-refractivity contribution in [2.24, 2.45) is 0 Å². The van der Waals surface area contributed by atoms with Crippen LogP contribution in [0.2, 0.25) is 0 Å². The van der Waals surface area contributed by atoms with Gasteiger partial charge in [0.15, 0.2) is 11.6 Å². The Labute approximate surface area is 172 Å². The van der Waals surface area contributed by atoms with Crippen molar-refractivity contribution in [3.63, 3.8) is 0 Å². The van der Waals surface area contributed by atoms with E-state index in [0.717, 1.165) is 25.7 Å². The molecule has 2 N–H and O–H groups in total. The highest BCUT2D eigenvalue weighted by Gasteiger charge is 2.39. The van der Waals surface area contributed by atoms with Crippen LogP contribution in [0, 0.1) is 5.82 Å². The van der Waals surface area contributed by atoms with E-state index >= 15 is 4.39 Å². The molecule has 2 aromatic rings. The number of aromatic nitrogens is 2. The monoisotopic (exact) mass is 420 g/mol. The molecule has 3 aliphatic rings. The normalized spacial score (nSPS) is 23.5. The lowest BCUT2D eigenvalue weighted by atomic mass is 10.2. The number of morpholine rings is 1. The average molecular weight is 420 g/mol. The lowest BCUT2D eigenvalue weighted by molar-refractivity contribution is 0.122. The van der Waals surface area contributed by atoms with Gasteiger partial charge in [0.05, 0.1) is 18.9 Å². The van der Waals surface area contributed by atoms with Crippen LogP contribution in [-0.2, 0) is 4.74 Å². The number of pyridine rings is 2. The predicted octanol–water partition coefficient (Wildman–Crippen LogP) is 2.68. The van der Waals surface area contributed by atoms with Gasteiger partial charge in [-0.15, -0.1) is 0 Å². The summed E-state index contributed by atoms with van der Waals surface area (Å²) >= 11 is 0. The second-order valence-electron chi connectivity index (χ2n) is 7.81. The second kappa shape index (κ2) is 7.92. The molecule has 10 heteroatoms. The molecule has 5 rings (SSSR count). The van der Waals surface area contributed by atoms with Crippen molar-refractivity contribution >= 4 is 23.1 Å². The fraction of sp³-hybridized carbons (Fsp3) is 0.500. The second-order valence-corrected chi connectivity index (χ2v) is 7.81. The minimum absolute atomic E-state index is 0.150. The van der Waals surface area contributed by atoms with Gasteiger partial charge in [-0.05, 0) is 18.6 Å². The van der Waals surface area contributed by atoms with E-state index in [1.807, 2.05) is 4.90 Å². The molecule has 3 fully saturated rings. The first-order chi connectivity index (χ1) is 14.6. The van der Waals surface area contributed by atoms with Crippen LogP contribution in [0.15, 0.2) is 24.4 Å². The van der Waals surface area contributed by atoms with E-state index in [1.54, 1.807) is 6.07 Å². The van der Waals surface area contributed by atoms with Crippen molar-refractivity contribution in [2.75, 3.05) is 54.5 Å². The zero-order chi connectivity index (χ0) is 20.7. The molecule has 3 saturated heterocycles. The molecule has 0 radical (unpaired) electrons. The number of rotatable bonds is 5. The Morgan fingerprint density at radius 1 is 1.20 bits per heavy atom. The van der Waals surface area contributed by atoms with E-state index in [-0.39, 0.29) is 23.2 Å². The summed E-state index contributed by atoms with van der Waals surface area (Å²) in [6.45, 7) is 3.73. The fourth-order valence-corrected chi connectivity index (χ4v) is 4.36. The van der Waals surface area contributed by atoms with Gasteiger partial charge in [-0.1, -0.05) is 0 Å². The fourth-order valence-electron chi connectivity index (χ4n) is 4.36. The molecule has 5 heterocycles. The van der Waals surface area contributed by atoms with Gasteiger partial charge in [0, 0.05) is 56.1 Å². The molecule has 7 nitrogen and oxygen atoms in total. The Kier molecular flexibility index (Phi) is 5.11. The molecule has 3 aliphatic heterocycles. The van der Waals surface area contributed by atoms with Crippen LogP contribution < -0.4 is 20.4 Å². The van der Waals surface area contributed by atoms with Crippen LogP contribution in [0.5, 0.6) is 0 Å². The van der Waals surface area contributed by atoms with E-state index in [2.05, 4.69) is 25.5 Å². The third kappa shape index (κ3) is 3.65. The molecular weight excluding hydrogens is 397 g/mol. The van der Waals surface area contributed by atoms with E-state index in [9.17, 15) is 8.78 Å². The van der Waals surface area contributed by atoms with Crippen molar-refractivity contribution in [3.8, 4) is 0 Å². The predicted molar refractivity (Wildman–Crippen MR) is 107 cm³/mol. The van der Waals surface area contributed by atoms with E-state index in [4.69, 9.17) is 4.74 Å². The number of nitrogens with one attached hydrogen (secondary N) is 2. The molecule has 0 amide bonds. The summed E-state index contributed by atoms with van der Waals surface area (Å²) < 4.78 is 46.5. The standard InChI is InChI=1S/C20H23F3N6O/c21-18-15(29-11-13-7-14(29)10-24-13)8-17(27-20(18)28-3-5-30-6-4-28)26-16-2-1-12(9-25-16)19(22)23/h1-2,8-9,13-14,19,24H,3-7,10-11H2,(H,25,26,27). The summed E-state index contributed by atoms with van der Waals surface area (Å²) in [5.41, 5.74) is 0.357. The molecule has 2 unspecified atom stereocenters. The Morgan fingerprint density at radius 2 is 2.03 bits per heavy atom. The van der Waals surface area contributed by atoms with Gasteiger partial charge in [-0.25, -0.2) is 23.1 Å².